The summed E-state index contributed by atoms with van der Waals surface area (Å²) in [7, 11) is 5.48. The molecular weight excluding hydrogens is 458 g/mol. The van der Waals surface area contributed by atoms with Gasteiger partial charge in [-0.15, -0.1) is 0 Å². The minimum absolute atomic E-state index is 0.0637. The zero-order valence-corrected chi connectivity index (χ0v) is 21.8. The van der Waals surface area contributed by atoms with Crippen molar-refractivity contribution in [2.24, 2.45) is 16.6 Å². The number of rotatable bonds is 5. The fourth-order valence-electron chi connectivity index (χ4n) is 3.93. The number of anilines is 1. The molecule has 4 heterocycles. The van der Waals surface area contributed by atoms with Crippen LogP contribution in [0.3, 0.4) is 0 Å². The molecule has 1 saturated heterocycles. The van der Waals surface area contributed by atoms with Gasteiger partial charge in [0.15, 0.2) is 12.1 Å². The Bertz CT molecular complexity index is 1190. The average Bonchev–Trinajstić information content (AvgIpc) is 3.27. The Hall–Kier alpha value is -3.60. The average molecular weight is 496 g/mol. The molecule has 2 fully saturated rings. The summed E-state index contributed by atoms with van der Waals surface area (Å²) in [4.78, 5) is 25.3. The summed E-state index contributed by atoms with van der Waals surface area (Å²) in [5.41, 5.74) is 8.41. The highest BCUT2D eigenvalue weighted by atomic mass is 16.5. The van der Waals surface area contributed by atoms with Crippen molar-refractivity contribution in [1.29, 1.82) is 0 Å². The van der Waals surface area contributed by atoms with Crippen LogP contribution in [0.5, 0.6) is 0 Å². The fraction of sp³-hybridized carbons (Fsp3) is 0.520. The van der Waals surface area contributed by atoms with Crippen molar-refractivity contribution in [3.63, 3.8) is 0 Å². The maximum atomic E-state index is 10.2. The molecule has 0 radical (unpaired) electrons. The molecule has 2 aliphatic rings. The lowest BCUT2D eigenvalue weighted by Gasteiger charge is -2.32. The molecule has 3 N–H and O–H groups in total. The van der Waals surface area contributed by atoms with Gasteiger partial charge in [0.05, 0.1) is 18.1 Å². The van der Waals surface area contributed by atoms with Gasteiger partial charge < -0.3 is 20.5 Å². The number of hydrogen-bond acceptors (Lipinski definition) is 10. The lowest BCUT2D eigenvalue weighted by molar-refractivity contribution is 0.111. The Morgan fingerprint density at radius 3 is 2.67 bits per heavy atom. The molecule has 0 bridgehead atoms. The van der Waals surface area contributed by atoms with Crippen LogP contribution in [0.25, 0.3) is 11.1 Å². The normalized spacial score (nSPS) is 18.9. The molecule has 0 amide bonds. The topological polar surface area (TPSA) is 140 Å². The highest BCUT2D eigenvalue weighted by molar-refractivity contribution is 6.08. The van der Waals surface area contributed by atoms with Gasteiger partial charge in [0.2, 0.25) is 11.7 Å². The van der Waals surface area contributed by atoms with Crippen molar-refractivity contribution in [2.45, 2.75) is 44.9 Å². The van der Waals surface area contributed by atoms with Crippen LogP contribution in [0.4, 0.5) is 5.82 Å². The molecule has 3 aromatic rings. The Morgan fingerprint density at radius 2 is 2.08 bits per heavy atom. The smallest absolute Gasteiger partial charge is 0.235 e. The van der Waals surface area contributed by atoms with Crippen LogP contribution >= 0.6 is 0 Å². The minimum Gasteiger partial charge on any atom is -0.404 e. The van der Waals surface area contributed by atoms with Crippen molar-refractivity contribution >= 4 is 29.4 Å². The first-order valence-electron chi connectivity index (χ1n) is 12.2. The van der Waals surface area contributed by atoms with Crippen molar-refractivity contribution < 1.29 is 9.32 Å². The van der Waals surface area contributed by atoms with E-state index in [4.69, 9.17) is 15.2 Å². The molecule has 1 saturated carbocycles. The van der Waals surface area contributed by atoms with E-state index in [0.29, 0.717) is 18.1 Å². The fourth-order valence-corrected chi connectivity index (χ4v) is 3.93. The molecule has 5 rings (SSSR count). The van der Waals surface area contributed by atoms with Gasteiger partial charge >= 0.3 is 0 Å². The maximum absolute atomic E-state index is 10.2. The quantitative estimate of drug-likeness (QED) is 0.404. The maximum Gasteiger partial charge on any atom is 0.235 e. The molecule has 0 spiro atoms. The number of aldehydes is 1. The summed E-state index contributed by atoms with van der Waals surface area (Å²) in [6.45, 7) is 6.40. The van der Waals surface area contributed by atoms with E-state index >= 15 is 0 Å². The Labute approximate surface area is 211 Å². The Kier molecular flexibility index (Phi) is 9.29. The van der Waals surface area contributed by atoms with Crippen molar-refractivity contribution in [3.8, 4) is 0 Å². The second-order valence-electron chi connectivity index (χ2n) is 9.45. The standard InChI is InChI=1S/C16H22N6.C7H8N2O2.C2H7N/c1-12-4-3-7-21(10-12)16-15-5-6-19-22(15)11-14(20-16)13(8-17)9-18-2;1-7(2-3-7)6-8-5(4-10)9-11-6;1-3-2/h5-6,8-9,11-12H,3-4,7,10,17H2,1-2H3;4H,2-3H2,1H3;3H,1-2H3/b13-8+,18-9?;;/t12-;;/m0../s1. The second-order valence-corrected chi connectivity index (χ2v) is 9.45. The number of aromatic nitrogens is 5. The molecule has 1 aliphatic heterocycles. The van der Waals surface area contributed by atoms with Crippen LogP contribution in [-0.4, -0.2) is 71.5 Å². The van der Waals surface area contributed by atoms with Gasteiger partial charge in [0.1, 0.15) is 5.52 Å². The number of allylic oxidation sites excluding steroid dienone is 1. The summed E-state index contributed by atoms with van der Waals surface area (Å²) in [6, 6.07) is 2.01. The molecule has 11 heteroatoms. The van der Waals surface area contributed by atoms with Gasteiger partial charge in [-0.3, -0.25) is 9.79 Å². The van der Waals surface area contributed by atoms with Crippen LogP contribution in [0, 0.1) is 5.92 Å². The van der Waals surface area contributed by atoms with Crippen molar-refractivity contribution in [1.82, 2.24) is 30.1 Å². The summed E-state index contributed by atoms with van der Waals surface area (Å²) in [5.74, 6) is 2.40. The third-order valence-corrected chi connectivity index (χ3v) is 6.13. The largest absolute Gasteiger partial charge is 0.404 e. The summed E-state index contributed by atoms with van der Waals surface area (Å²) in [6.07, 6.45) is 12.2. The SMILES string of the molecule is CC1(c2nc(C=O)no2)CC1.CN=C/C(=C\N)c1cn2nccc2c(N2CCC[C@H](C)C2)n1.CNC. The monoisotopic (exact) mass is 495 g/mol. The summed E-state index contributed by atoms with van der Waals surface area (Å²) < 4.78 is 6.76. The van der Waals surface area contributed by atoms with Crippen LogP contribution in [0.1, 0.15) is 61.7 Å². The lowest BCUT2D eigenvalue weighted by atomic mass is 10.0. The molecule has 36 heavy (non-hydrogen) atoms. The predicted molar refractivity (Wildman–Crippen MR) is 141 cm³/mol. The van der Waals surface area contributed by atoms with Crippen molar-refractivity contribution in [2.75, 3.05) is 39.1 Å². The highest BCUT2D eigenvalue weighted by Crippen LogP contribution is 2.46. The molecule has 11 nitrogen and oxygen atoms in total. The van der Waals surface area contributed by atoms with E-state index in [2.05, 4.69) is 44.3 Å². The lowest BCUT2D eigenvalue weighted by Crippen LogP contribution is -2.35. The number of nitrogens with zero attached hydrogens (tertiary/aromatic N) is 7. The van der Waals surface area contributed by atoms with Gasteiger partial charge in [0, 0.05) is 43.5 Å². The van der Waals surface area contributed by atoms with Gasteiger partial charge in [-0.1, -0.05) is 19.0 Å². The van der Waals surface area contributed by atoms with E-state index in [1.807, 2.05) is 30.9 Å². The minimum atomic E-state index is 0.0637. The van der Waals surface area contributed by atoms with Crippen LogP contribution in [-0.2, 0) is 5.41 Å². The zero-order chi connectivity index (χ0) is 26.1. The van der Waals surface area contributed by atoms with Crippen LogP contribution in [0.15, 0.2) is 34.2 Å². The molecule has 1 aliphatic carbocycles. The molecule has 3 aromatic heterocycles. The molecular formula is C25H37N9O2. The number of piperidine rings is 1. The van der Waals surface area contributed by atoms with Crippen LogP contribution in [0.2, 0.25) is 0 Å². The van der Waals surface area contributed by atoms with Gasteiger partial charge in [-0.05, 0) is 51.8 Å². The first-order chi connectivity index (χ1) is 17.4. The van der Waals surface area contributed by atoms with Crippen LogP contribution < -0.4 is 16.0 Å². The number of carbonyl (C=O) groups excluding carboxylic acids is 1. The van der Waals surface area contributed by atoms with E-state index in [1.165, 1.54) is 19.0 Å². The van der Waals surface area contributed by atoms with E-state index in [0.717, 1.165) is 48.5 Å². The van der Waals surface area contributed by atoms with Gasteiger partial charge in [0.25, 0.3) is 0 Å². The van der Waals surface area contributed by atoms with Gasteiger partial charge in [-0.25, -0.2) is 9.50 Å². The second kappa shape index (κ2) is 12.4. The number of aliphatic imine (C=N–C) groups is 1. The van der Waals surface area contributed by atoms with E-state index in [9.17, 15) is 4.79 Å². The molecule has 0 aromatic carbocycles. The predicted octanol–water partition coefficient (Wildman–Crippen LogP) is 2.74. The van der Waals surface area contributed by atoms with Gasteiger partial charge in [-0.2, -0.15) is 10.1 Å². The first kappa shape index (κ1) is 27.0. The number of fused-ring (bicyclic) bond motifs is 1. The molecule has 1 atom stereocenters. The molecule has 0 unspecified atom stereocenters. The Morgan fingerprint density at radius 1 is 1.33 bits per heavy atom. The number of nitrogens with two attached hydrogens (primary N) is 1. The Balaban J connectivity index is 0.000000214. The first-order valence-corrected chi connectivity index (χ1v) is 12.2. The highest BCUT2D eigenvalue weighted by Gasteiger charge is 2.44. The van der Waals surface area contributed by atoms with E-state index < -0.39 is 0 Å². The third kappa shape index (κ3) is 6.54. The van der Waals surface area contributed by atoms with E-state index in [-0.39, 0.29) is 11.2 Å². The van der Waals surface area contributed by atoms with Crippen molar-refractivity contribution in [3.05, 3.63) is 42.1 Å². The summed E-state index contributed by atoms with van der Waals surface area (Å²) >= 11 is 0. The van der Waals surface area contributed by atoms with E-state index in [1.54, 1.807) is 19.5 Å². The summed E-state index contributed by atoms with van der Waals surface area (Å²) in [5, 5.41) is 10.6. The zero-order valence-electron chi connectivity index (χ0n) is 21.8. The number of carbonyl (C=O) groups is 1. The number of hydrogen-bond donors (Lipinski definition) is 2. The molecule has 194 valence electrons. The third-order valence-electron chi connectivity index (χ3n) is 6.13. The number of nitrogens with one attached hydrogen (secondary N) is 1.